The summed E-state index contributed by atoms with van der Waals surface area (Å²) >= 11 is 0. The fourth-order valence-corrected chi connectivity index (χ4v) is 6.36. The van der Waals surface area contributed by atoms with Gasteiger partial charge < -0.3 is 5.32 Å². The Morgan fingerprint density at radius 3 is 2.66 bits per heavy atom. The molecule has 32 heavy (non-hydrogen) atoms. The van der Waals surface area contributed by atoms with Crippen molar-refractivity contribution in [3.63, 3.8) is 0 Å². The van der Waals surface area contributed by atoms with E-state index in [1.807, 2.05) is 32.2 Å². The molecule has 0 unspecified atom stereocenters. The van der Waals surface area contributed by atoms with Crippen LogP contribution in [-0.4, -0.2) is 46.5 Å². The smallest absolute Gasteiger partial charge is 0.243 e. The minimum atomic E-state index is -3.54. The van der Waals surface area contributed by atoms with Crippen molar-refractivity contribution < 1.29 is 13.2 Å². The number of pyridine rings is 1. The molecular weight excluding hydrogens is 426 g/mol. The summed E-state index contributed by atoms with van der Waals surface area (Å²) in [5.41, 5.74) is 4.66. The lowest BCUT2D eigenvalue weighted by molar-refractivity contribution is -0.120. The van der Waals surface area contributed by atoms with Gasteiger partial charge in [-0.3, -0.25) is 9.48 Å². The minimum absolute atomic E-state index is 0.0951. The molecule has 1 fully saturated rings. The van der Waals surface area contributed by atoms with Crippen molar-refractivity contribution >= 4 is 32.7 Å². The molecule has 0 radical (unpaired) electrons. The molecule has 168 valence electrons. The Morgan fingerprint density at radius 1 is 1.12 bits per heavy atom. The van der Waals surface area contributed by atoms with Gasteiger partial charge in [-0.2, -0.15) is 9.40 Å². The third-order valence-electron chi connectivity index (χ3n) is 6.66. The lowest BCUT2D eigenvalue weighted by Crippen LogP contribution is -2.41. The van der Waals surface area contributed by atoms with Gasteiger partial charge in [-0.1, -0.05) is 6.07 Å². The highest BCUT2D eigenvalue weighted by atomic mass is 32.2. The quantitative estimate of drug-likeness (QED) is 0.655. The third-order valence-corrected chi connectivity index (χ3v) is 8.56. The van der Waals surface area contributed by atoms with Crippen molar-refractivity contribution in [1.82, 2.24) is 19.1 Å². The highest BCUT2D eigenvalue weighted by molar-refractivity contribution is 7.89. The van der Waals surface area contributed by atoms with Gasteiger partial charge in [0.15, 0.2) is 5.65 Å². The van der Waals surface area contributed by atoms with E-state index in [2.05, 4.69) is 15.4 Å². The van der Waals surface area contributed by atoms with Gasteiger partial charge in [0, 0.05) is 31.4 Å². The second-order valence-corrected chi connectivity index (χ2v) is 10.7. The van der Waals surface area contributed by atoms with Gasteiger partial charge in [0.2, 0.25) is 15.9 Å². The summed E-state index contributed by atoms with van der Waals surface area (Å²) < 4.78 is 29.5. The average molecular weight is 454 g/mol. The molecule has 3 heterocycles. The van der Waals surface area contributed by atoms with Gasteiger partial charge in [0.1, 0.15) is 0 Å². The number of nitrogens with zero attached hydrogens (tertiary/aromatic N) is 4. The Kier molecular flexibility index (Phi) is 5.25. The molecule has 1 aliphatic heterocycles. The first-order valence-electron chi connectivity index (χ1n) is 11.0. The standard InChI is InChI=1S/C23H27N5O3S/c1-15-21-13-19(14-24-22(21)27(2)26-15)25-23(29)17-8-10-28(11-9-17)32(30,31)20-7-6-16-4-3-5-18(16)12-20/h6-7,12-14,17H,3-5,8-11H2,1-2H3,(H,25,29). The lowest BCUT2D eigenvalue weighted by Gasteiger charge is -2.30. The normalized spacial score (nSPS) is 17.6. The Hall–Kier alpha value is -2.78. The van der Waals surface area contributed by atoms with Crippen molar-refractivity contribution in [1.29, 1.82) is 0 Å². The molecule has 8 nitrogen and oxygen atoms in total. The Bertz CT molecular complexity index is 1310. The average Bonchev–Trinajstić information content (AvgIpc) is 3.37. The molecule has 1 N–H and O–H groups in total. The zero-order valence-electron chi connectivity index (χ0n) is 18.3. The third kappa shape index (κ3) is 3.69. The van der Waals surface area contributed by atoms with E-state index in [0.29, 0.717) is 36.5 Å². The number of hydrogen-bond donors (Lipinski definition) is 1. The number of anilines is 1. The topological polar surface area (TPSA) is 97.2 Å². The van der Waals surface area contributed by atoms with Crippen LogP contribution in [0.4, 0.5) is 5.69 Å². The molecule has 0 saturated carbocycles. The summed E-state index contributed by atoms with van der Waals surface area (Å²) in [6, 6.07) is 7.39. The summed E-state index contributed by atoms with van der Waals surface area (Å²) in [7, 11) is -1.70. The zero-order chi connectivity index (χ0) is 22.5. The molecule has 2 aromatic heterocycles. The van der Waals surface area contributed by atoms with Crippen molar-refractivity contribution in [3.8, 4) is 0 Å². The van der Waals surface area contributed by atoms with Gasteiger partial charge in [-0.25, -0.2) is 13.4 Å². The maximum Gasteiger partial charge on any atom is 0.243 e. The number of carbonyl (C=O) groups is 1. The van der Waals surface area contributed by atoms with E-state index in [0.717, 1.165) is 41.6 Å². The van der Waals surface area contributed by atoms with E-state index in [-0.39, 0.29) is 11.8 Å². The lowest BCUT2D eigenvalue weighted by atomic mass is 9.97. The summed E-state index contributed by atoms with van der Waals surface area (Å²) in [5, 5.41) is 8.21. The number of fused-ring (bicyclic) bond motifs is 2. The SMILES string of the molecule is Cc1nn(C)c2ncc(NC(=O)C3CCN(S(=O)(=O)c4ccc5c(c4)CCC5)CC3)cc12. The highest BCUT2D eigenvalue weighted by Gasteiger charge is 2.32. The largest absolute Gasteiger partial charge is 0.324 e. The maximum atomic E-state index is 13.1. The molecule has 1 aliphatic carbocycles. The number of piperidine rings is 1. The number of nitrogens with one attached hydrogen (secondary N) is 1. The number of hydrogen-bond acceptors (Lipinski definition) is 5. The van der Waals surface area contributed by atoms with Crippen LogP contribution in [0, 0.1) is 12.8 Å². The molecule has 9 heteroatoms. The van der Waals surface area contributed by atoms with Crippen molar-refractivity contribution in [2.24, 2.45) is 13.0 Å². The minimum Gasteiger partial charge on any atom is -0.324 e. The molecule has 5 rings (SSSR count). The first-order valence-corrected chi connectivity index (χ1v) is 12.5. The fraction of sp³-hybridized carbons (Fsp3) is 0.435. The van der Waals surface area contributed by atoms with Crippen molar-refractivity contribution in [2.75, 3.05) is 18.4 Å². The molecule has 0 bridgehead atoms. The Morgan fingerprint density at radius 2 is 1.88 bits per heavy atom. The number of rotatable bonds is 4. The number of sulfonamides is 1. The van der Waals surface area contributed by atoms with Gasteiger partial charge in [-0.05, 0) is 68.4 Å². The van der Waals surface area contributed by atoms with Crippen LogP contribution in [-0.2, 0) is 34.7 Å². The van der Waals surface area contributed by atoms with Gasteiger partial charge in [0.05, 0.1) is 22.5 Å². The van der Waals surface area contributed by atoms with Crippen LogP contribution >= 0.6 is 0 Å². The summed E-state index contributed by atoms with van der Waals surface area (Å²) in [6.07, 6.45) is 5.69. The van der Waals surface area contributed by atoms with Gasteiger partial charge in [-0.15, -0.1) is 0 Å². The number of carbonyl (C=O) groups excluding carboxylic acids is 1. The van der Waals surface area contributed by atoms with Crippen LogP contribution in [0.3, 0.4) is 0 Å². The Labute approximate surface area is 187 Å². The molecule has 0 spiro atoms. The first kappa shape index (κ1) is 21.1. The second-order valence-electron chi connectivity index (χ2n) is 8.76. The molecule has 0 atom stereocenters. The molecule has 2 aliphatic rings. The number of aromatic nitrogens is 3. The van der Waals surface area contributed by atoms with Gasteiger partial charge in [0.25, 0.3) is 0 Å². The molecular formula is C23H27N5O3S. The molecule has 1 aromatic carbocycles. The summed E-state index contributed by atoms with van der Waals surface area (Å²) in [5.74, 6) is -0.325. The summed E-state index contributed by atoms with van der Waals surface area (Å²) in [6.45, 7) is 2.60. The van der Waals surface area contributed by atoms with Crippen LogP contribution in [0.25, 0.3) is 11.0 Å². The van der Waals surface area contributed by atoms with E-state index in [1.165, 1.54) is 9.87 Å². The second kappa shape index (κ2) is 7.97. The predicted molar refractivity (Wildman–Crippen MR) is 122 cm³/mol. The van der Waals surface area contributed by atoms with Crippen molar-refractivity contribution in [2.45, 2.75) is 43.9 Å². The first-order chi connectivity index (χ1) is 15.3. The molecule has 1 saturated heterocycles. The van der Waals surface area contributed by atoms with Crippen LogP contribution in [0.5, 0.6) is 0 Å². The number of amides is 1. The zero-order valence-corrected chi connectivity index (χ0v) is 19.2. The van der Waals surface area contributed by atoms with E-state index in [9.17, 15) is 13.2 Å². The van der Waals surface area contributed by atoms with Crippen LogP contribution in [0.15, 0.2) is 35.4 Å². The van der Waals surface area contributed by atoms with Crippen LogP contribution in [0.2, 0.25) is 0 Å². The van der Waals surface area contributed by atoms with Crippen LogP contribution < -0.4 is 5.32 Å². The van der Waals surface area contributed by atoms with E-state index >= 15 is 0 Å². The Balaban J connectivity index is 1.24. The summed E-state index contributed by atoms with van der Waals surface area (Å²) in [4.78, 5) is 17.6. The maximum absolute atomic E-state index is 13.1. The fourth-order valence-electron chi connectivity index (χ4n) is 4.84. The van der Waals surface area contributed by atoms with E-state index < -0.39 is 10.0 Å². The van der Waals surface area contributed by atoms with Crippen LogP contribution in [0.1, 0.15) is 36.1 Å². The highest BCUT2D eigenvalue weighted by Crippen LogP contribution is 2.29. The van der Waals surface area contributed by atoms with E-state index in [1.54, 1.807) is 16.9 Å². The number of benzene rings is 1. The molecule has 1 amide bonds. The predicted octanol–water partition coefficient (Wildman–Crippen LogP) is 2.80. The monoisotopic (exact) mass is 453 g/mol. The van der Waals surface area contributed by atoms with E-state index in [4.69, 9.17) is 0 Å². The van der Waals surface area contributed by atoms with Gasteiger partial charge >= 0.3 is 0 Å². The molecule has 3 aromatic rings. The van der Waals surface area contributed by atoms with Crippen molar-refractivity contribution in [3.05, 3.63) is 47.3 Å². The number of aryl methyl sites for hydroxylation is 4.